The second-order valence-electron chi connectivity index (χ2n) is 7.07. The van der Waals surface area contributed by atoms with Crippen LogP contribution in [0.3, 0.4) is 0 Å². The predicted octanol–water partition coefficient (Wildman–Crippen LogP) is 2.99. The number of rotatable bonds is 1. The number of pyridine rings is 1. The first-order chi connectivity index (χ1) is 14.5. The van der Waals surface area contributed by atoms with E-state index in [2.05, 4.69) is 15.1 Å². The van der Waals surface area contributed by atoms with Gasteiger partial charge in [0.15, 0.2) is 11.6 Å². The quantitative estimate of drug-likeness (QED) is 0.646. The molecule has 30 heavy (non-hydrogen) atoms. The van der Waals surface area contributed by atoms with Crippen LogP contribution in [0.2, 0.25) is 0 Å². The van der Waals surface area contributed by atoms with Crippen molar-refractivity contribution in [3.63, 3.8) is 0 Å². The van der Waals surface area contributed by atoms with Crippen molar-refractivity contribution in [2.45, 2.75) is 20.0 Å². The molecule has 7 nitrogen and oxygen atoms in total. The Morgan fingerprint density at radius 3 is 2.90 bits per heavy atom. The molecule has 2 bridgehead atoms. The summed E-state index contributed by atoms with van der Waals surface area (Å²) in [6.45, 7) is 2.66. The number of aromatic nitrogens is 3. The van der Waals surface area contributed by atoms with Gasteiger partial charge < -0.3 is 16.2 Å². The maximum Gasteiger partial charge on any atom is 0.166 e. The number of benzene rings is 1. The topological polar surface area (TPSA) is 104 Å². The second-order valence-corrected chi connectivity index (χ2v) is 7.07. The van der Waals surface area contributed by atoms with Crippen LogP contribution in [0.5, 0.6) is 5.75 Å². The average molecular weight is 406 g/mol. The van der Waals surface area contributed by atoms with E-state index in [1.165, 1.54) is 12.1 Å². The summed E-state index contributed by atoms with van der Waals surface area (Å²) in [5.74, 6) is 0.313. The van der Waals surface area contributed by atoms with Crippen molar-refractivity contribution in [2.24, 2.45) is 17.8 Å². The molecule has 8 heteroatoms. The lowest BCUT2D eigenvalue weighted by atomic mass is 9.94. The Balaban J connectivity index is 1.96. The van der Waals surface area contributed by atoms with Gasteiger partial charge in [-0.3, -0.25) is 9.67 Å². The van der Waals surface area contributed by atoms with Crippen LogP contribution in [0.15, 0.2) is 53.4 Å². The van der Waals surface area contributed by atoms with Crippen molar-refractivity contribution in [3.05, 3.63) is 70.9 Å². The fourth-order valence-electron chi connectivity index (χ4n) is 3.63. The first-order valence-electron chi connectivity index (χ1n) is 9.65. The number of aliphatic imine (C=N–C) groups is 1. The first-order valence-corrected chi connectivity index (χ1v) is 9.65. The maximum absolute atomic E-state index is 14.0. The van der Waals surface area contributed by atoms with E-state index in [1.54, 1.807) is 29.2 Å². The normalized spacial score (nSPS) is 16.4. The minimum atomic E-state index is -0.346. The largest absolute Gasteiger partial charge is 0.485 e. The minimum absolute atomic E-state index is 0.123. The van der Waals surface area contributed by atoms with Crippen molar-refractivity contribution >= 4 is 11.5 Å². The van der Waals surface area contributed by atoms with Crippen LogP contribution < -0.4 is 16.2 Å². The highest BCUT2D eigenvalue weighted by molar-refractivity contribution is 6.13. The van der Waals surface area contributed by atoms with E-state index in [1.807, 2.05) is 20.2 Å². The first kappa shape index (κ1) is 19.6. The molecule has 4 N–H and O–H groups in total. The van der Waals surface area contributed by atoms with E-state index in [-0.39, 0.29) is 18.2 Å². The van der Waals surface area contributed by atoms with Crippen LogP contribution in [-0.2, 0) is 20.1 Å². The SMILES string of the molecule is CCN=C1/C(=C\N)Cc2cn(C)nc2-c2ccc(F)cc2COc2cc1cnc2N. The molecular weight excluding hydrogens is 383 g/mol. The number of hydrogen-bond donors (Lipinski definition) is 2. The summed E-state index contributed by atoms with van der Waals surface area (Å²) in [5.41, 5.74) is 17.5. The van der Waals surface area contributed by atoms with Crippen molar-refractivity contribution in [1.82, 2.24) is 14.8 Å². The molecule has 0 radical (unpaired) electrons. The summed E-state index contributed by atoms with van der Waals surface area (Å²) in [6, 6.07) is 6.39. The van der Waals surface area contributed by atoms with Gasteiger partial charge in [0.2, 0.25) is 0 Å². The van der Waals surface area contributed by atoms with Gasteiger partial charge in [-0.25, -0.2) is 9.37 Å². The Bertz CT molecular complexity index is 1160. The summed E-state index contributed by atoms with van der Waals surface area (Å²) in [6.07, 6.45) is 5.66. The summed E-state index contributed by atoms with van der Waals surface area (Å²) in [7, 11) is 1.85. The number of halogens is 1. The van der Waals surface area contributed by atoms with Gasteiger partial charge in [0.25, 0.3) is 0 Å². The molecule has 1 aliphatic rings. The number of nitrogen functional groups attached to an aromatic ring is 1. The fourth-order valence-corrected chi connectivity index (χ4v) is 3.63. The van der Waals surface area contributed by atoms with Crippen LogP contribution in [0, 0.1) is 5.82 Å². The van der Waals surface area contributed by atoms with Crippen LogP contribution in [0.4, 0.5) is 10.2 Å². The molecule has 0 aliphatic carbocycles. The third-order valence-corrected chi connectivity index (χ3v) is 4.97. The summed E-state index contributed by atoms with van der Waals surface area (Å²) in [4.78, 5) is 8.92. The molecule has 0 fully saturated rings. The van der Waals surface area contributed by atoms with Gasteiger partial charge in [-0.2, -0.15) is 5.10 Å². The minimum Gasteiger partial charge on any atom is -0.485 e. The van der Waals surface area contributed by atoms with Crippen molar-refractivity contribution in [2.75, 3.05) is 12.3 Å². The van der Waals surface area contributed by atoms with Crippen molar-refractivity contribution < 1.29 is 9.13 Å². The van der Waals surface area contributed by atoms with E-state index in [4.69, 9.17) is 16.2 Å². The van der Waals surface area contributed by atoms with E-state index in [0.717, 1.165) is 33.7 Å². The number of nitrogens with two attached hydrogens (primary N) is 2. The standard InChI is InChI=1S/C22H23FN6O/c1-3-26-20-13(9-24)6-15-11-29(2)28-21(15)18-5-4-17(23)7-16(18)12-30-19-8-14(20)10-27-22(19)25/h4-5,7-11H,3,6,12,24H2,1-2H3,(H2,25,27)/b13-9-,26-20?. The molecule has 1 aliphatic heterocycles. The molecule has 3 aromatic rings. The Labute approximate surface area is 173 Å². The molecule has 2 aromatic heterocycles. The highest BCUT2D eigenvalue weighted by atomic mass is 19.1. The molecule has 0 atom stereocenters. The highest BCUT2D eigenvalue weighted by Gasteiger charge is 2.21. The zero-order valence-electron chi connectivity index (χ0n) is 16.9. The lowest BCUT2D eigenvalue weighted by Gasteiger charge is -2.17. The van der Waals surface area contributed by atoms with Gasteiger partial charge in [-0.1, -0.05) is 0 Å². The monoisotopic (exact) mass is 406 g/mol. The Kier molecular flexibility index (Phi) is 5.22. The van der Waals surface area contributed by atoms with Gasteiger partial charge in [-0.15, -0.1) is 0 Å². The van der Waals surface area contributed by atoms with Gasteiger partial charge in [0.1, 0.15) is 12.4 Å². The molecule has 0 saturated carbocycles. The molecule has 154 valence electrons. The number of hydrogen-bond acceptors (Lipinski definition) is 6. The molecule has 4 rings (SSSR count). The summed E-state index contributed by atoms with van der Waals surface area (Å²) < 4.78 is 21.7. The summed E-state index contributed by atoms with van der Waals surface area (Å²) in [5, 5.41) is 4.63. The molecule has 0 amide bonds. The van der Waals surface area contributed by atoms with Crippen molar-refractivity contribution in [1.29, 1.82) is 0 Å². The molecule has 0 spiro atoms. The van der Waals surface area contributed by atoms with E-state index in [9.17, 15) is 4.39 Å². The van der Waals surface area contributed by atoms with Gasteiger partial charge in [0.05, 0.1) is 11.4 Å². The number of nitrogens with zero attached hydrogens (tertiary/aromatic N) is 4. The number of fused-ring (bicyclic) bond motifs is 5. The lowest BCUT2D eigenvalue weighted by Crippen LogP contribution is -2.13. The third-order valence-electron chi connectivity index (χ3n) is 4.97. The van der Waals surface area contributed by atoms with E-state index in [0.29, 0.717) is 24.3 Å². The van der Waals surface area contributed by atoms with Crippen LogP contribution in [-0.4, -0.2) is 27.0 Å². The smallest absolute Gasteiger partial charge is 0.166 e. The predicted molar refractivity (Wildman–Crippen MR) is 115 cm³/mol. The maximum atomic E-state index is 14.0. The zero-order valence-corrected chi connectivity index (χ0v) is 16.9. The Morgan fingerprint density at radius 2 is 2.13 bits per heavy atom. The number of anilines is 1. The fraction of sp³-hybridized carbons (Fsp3) is 0.227. The second kappa shape index (κ2) is 7.98. The van der Waals surface area contributed by atoms with Crippen LogP contribution >= 0.6 is 0 Å². The van der Waals surface area contributed by atoms with Crippen LogP contribution in [0.25, 0.3) is 11.3 Å². The highest BCUT2D eigenvalue weighted by Crippen LogP contribution is 2.32. The van der Waals surface area contributed by atoms with Crippen molar-refractivity contribution in [3.8, 4) is 17.0 Å². The number of aryl methyl sites for hydroxylation is 1. The van der Waals surface area contributed by atoms with E-state index < -0.39 is 0 Å². The molecular formula is C22H23FN6O. The Morgan fingerprint density at radius 1 is 1.30 bits per heavy atom. The molecule has 0 saturated heterocycles. The zero-order chi connectivity index (χ0) is 21.3. The van der Waals surface area contributed by atoms with Crippen LogP contribution in [0.1, 0.15) is 23.6 Å². The Hall–Kier alpha value is -3.68. The van der Waals surface area contributed by atoms with Gasteiger partial charge in [0, 0.05) is 54.7 Å². The lowest BCUT2D eigenvalue weighted by molar-refractivity contribution is 0.306. The molecule has 3 heterocycles. The molecule has 0 unspecified atom stereocenters. The number of ether oxygens (including phenoxy) is 1. The number of allylic oxidation sites excluding steroid dienone is 1. The molecule has 1 aromatic carbocycles. The van der Waals surface area contributed by atoms with Gasteiger partial charge in [-0.05, 0) is 43.0 Å². The summed E-state index contributed by atoms with van der Waals surface area (Å²) >= 11 is 0. The van der Waals surface area contributed by atoms with E-state index >= 15 is 0 Å². The average Bonchev–Trinajstić information content (AvgIpc) is 3.09. The third kappa shape index (κ3) is 3.63. The van der Waals surface area contributed by atoms with Gasteiger partial charge >= 0.3 is 0 Å².